The standard InChI is InChI=1S/C13H20N2/c1-9-5-3-7-12(10(9)2)15-13-8-4-6-11(13)14/h3,5,7,11,13,15H,4,6,8,14H2,1-2H3/t11-,13+/m1/s1. The van der Waals surface area contributed by atoms with Gasteiger partial charge in [-0.25, -0.2) is 0 Å². The molecule has 0 amide bonds. The Labute approximate surface area is 91.9 Å². The summed E-state index contributed by atoms with van der Waals surface area (Å²) in [5.41, 5.74) is 9.98. The van der Waals surface area contributed by atoms with E-state index in [9.17, 15) is 0 Å². The fourth-order valence-electron chi connectivity index (χ4n) is 2.28. The molecule has 1 aromatic carbocycles. The summed E-state index contributed by atoms with van der Waals surface area (Å²) in [7, 11) is 0. The summed E-state index contributed by atoms with van der Waals surface area (Å²) in [4.78, 5) is 0. The van der Waals surface area contributed by atoms with E-state index in [1.807, 2.05) is 0 Å². The van der Waals surface area contributed by atoms with Gasteiger partial charge in [0.1, 0.15) is 0 Å². The number of hydrogen-bond donors (Lipinski definition) is 2. The monoisotopic (exact) mass is 204 g/mol. The van der Waals surface area contributed by atoms with E-state index in [0.717, 1.165) is 6.42 Å². The van der Waals surface area contributed by atoms with Gasteiger partial charge in [-0.3, -0.25) is 0 Å². The highest BCUT2D eigenvalue weighted by Crippen LogP contribution is 2.24. The number of nitrogens with two attached hydrogens (primary N) is 1. The summed E-state index contributed by atoms with van der Waals surface area (Å²) in [6, 6.07) is 7.18. The van der Waals surface area contributed by atoms with Gasteiger partial charge in [0.05, 0.1) is 0 Å². The Hall–Kier alpha value is -1.02. The summed E-state index contributed by atoms with van der Waals surface area (Å²) >= 11 is 0. The van der Waals surface area contributed by atoms with Crippen LogP contribution >= 0.6 is 0 Å². The first-order chi connectivity index (χ1) is 7.18. The largest absolute Gasteiger partial charge is 0.381 e. The molecule has 0 unspecified atom stereocenters. The summed E-state index contributed by atoms with van der Waals surface area (Å²) in [6.07, 6.45) is 3.61. The molecule has 1 aromatic rings. The molecule has 0 aromatic heterocycles. The summed E-state index contributed by atoms with van der Waals surface area (Å²) in [6.45, 7) is 4.31. The Morgan fingerprint density at radius 1 is 1.27 bits per heavy atom. The van der Waals surface area contributed by atoms with Crippen molar-refractivity contribution >= 4 is 5.69 Å². The molecule has 3 N–H and O–H groups in total. The zero-order valence-electron chi connectivity index (χ0n) is 9.59. The Morgan fingerprint density at radius 2 is 2.07 bits per heavy atom. The first kappa shape index (κ1) is 10.5. The lowest BCUT2D eigenvalue weighted by Crippen LogP contribution is -2.35. The second-order valence-corrected chi connectivity index (χ2v) is 4.59. The topological polar surface area (TPSA) is 38.0 Å². The lowest BCUT2D eigenvalue weighted by Gasteiger charge is -2.20. The zero-order valence-corrected chi connectivity index (χ0v) is 9.59. The second-order valence-electron chi connectivity index (χ2n) is 4.59. The van der Waals surface area contributed by atoms with Crippen molar-refractivity contribution in [1.29, 1.82) is 0 Å². The van der Waals surface area contributed by atoms with Crippen LogP contribution in [0.15, 0.2) is 18.2 Å². The van der Waals surface area contributed by atoms with Gasteiger partial charge in [-0.2, -0.15) is 0 Å². The second kappa shape index (κ2) is 4.23. The van der Waals surface area contributed by atoms with Crippen LogP contribution in [0.5, 0.6) is 0 Å². The summed E-state index contributed by atoms with van der Waals surface area (Å²) < 4.78 is 0. The van der Waals surface area contributed by atoms with Gasteiger partial charge in [-0.05, 0) is 50.3 Å². The molecule has 1 saturated carbocycles. The number of anilines is 1. The van der Waals surface area contributed by atoms with Crippen LogP contribution in [-0.2, 0) is 0 Å². The third-order valence-corrected chi connectivity index (χ3v) is 3.51. The molecule has 0 saturated heterocycles. The normalized spacial score (nSPS) is 25.5. The predicted octanol–water partition coefficient (Wildman–Crippen LogP) is 2.60. The van der Waals surface area contributed by atoms with Crippen LogP contribution < -0.4 is 11.1 Å². The molecule has 1 aliphatic carbocycles. The van der Waals surface area contributed by atoms with Crippen LogP contribution in [0.3, 0.4) is 0 Å². The van der Waals surface area contributed by atoms with Crippen molar-refractivity contribution in [2.75, 3.05) is 5.32 Å². The van der Waals surface area contributed by atoms with Crippen LogP contribution in [0.25, 0.3) is 0 Å². The maximum Gasteiger partial charge on any atom is 0.0412 e. The van der Waals surface area contributed by atoms with Crippen molar-refractivity contribution in [2.45, 2.75) is 45.2 Å². The quantitative estimate of drug-likeness (QED) is 0.777. The third kappa shape index (κ3) is 2.15. The first-order valence-electron chi connectivity index (χ1n) is 5.77. The minimum atomic E-state index is 0.324. The van der Waals surface area contributed by atoms with Crippen molar-refractivity contribution in [3.63, 3.8) is 0 Å². The van der Waals surface area contributed by atoms with Gasteiger partial charge in [-0.15, -0.1) is 0 Å². The van der Waals surface area contributed by atoms with Gasteiger partial charge in [0.2, 0.25) is 0 Å². The molecule has 0 bridgehead atoms. The van der Waals surface area contributed by atoms with Crippen molar-refractivity contribution in [3.8, 4) is 0 Å². The van der Waals surface area contributed by atoms with Crippen molar-refractivity contribution in [3.05, 3.63) is 29.3 Å². The highest BCUT2D eigenvalue weighted by atomic mass is 15.0. The lowest BCUT2D eigenvalue weighted by molar-refractivity contribution is 0.637. The van der Waals surface area contributed by atoms with Gasteiger partial charge in [0, 0.05) is 17.8 Å². The highest BCUT2D eigenvalue weighted by molar-refractivity contribution is 5.54. The molecule has 0 aliphatic heterocycles. The van der Waals surface area contributed by atoms with Crippen LogP contribution in [0.1, 0.15) is 30.4 Å². The number of benzene rings is 1. The Bertz CT molecular complexity index is 346. The van der Waals surface area contributed by atoms with Gasteiger partial charge in [0.15, 0.2) is 0 Å². The molecule has 1 aliphatic rings. The Morgan fingerprint density at radius 3 is 2.73 bits per heavy atom. The minimum Gasteiger partial charge on any atom is -0.381 e. The molecule has 2 heteroatoms. The van der Waals surface area contributed by atoms with Crippen LogP contribution in [0, 0.1) is 13.8 Å². The molecular weight excluding hydrogens is 184 g/mol. The first-order valence-corrected chi connectivity index (χ1v) is 5.77. The molecule has 15 heavy (non-hydrogen) atoms. The third-order valence-electron chi connectivity index (χ3n) is 3.51. The number of hydrogen-bond acceptors (Lipinski definition) is 2. The van der Waals surface area contributed by atoms with Crippen LogP contribution in [-0.4, -0.2) is 12.1 Å². The van der Waals surface area contributed by atoms with E-state index in [1.165, 1.54) is 29.7 Å². The highest BCUT2D eigenvalue weighted by Gasteiger charge is 2.23. The smallest absolute Gasteiger partial charge is 0.0412 e. The van der Waals surface area contributed by atoms with Gasteiger partial charge >= 0.3 is 0 Å². The van der Waals surface area contributed by atoms with Crippen molar-refractivity contribution in [1.82, 2.24) is 0 Å². The molecular formula is C13H20N2. The minimum absolute atomic E-state index is 0.324. The van der Waals surface area contributed by atoms with E-state index in [-0.39, 0.29) is 0 Å². The fourth-order valence-corrected chi connectivity index (χ4v) is 2.28. The molecule has 2 rings (SSSR count). The van der Waals surface area contributed by atoms with Crippen molar-refractivity contribution < 1.29 is 0 Å². The van der Waals surface area contributed by atoms with E-state index in [2.05, 4.69) is 37.4 Å². The molecule has 0 spiro atoms. The molecule has 2 atom stereocenters. The number of nitrogens with one attached hydrogen (secondary N) is 1. The van der Waals surface area contributed by atoms with Crippen molar-refractivity contribution in [2.24, 2.45) is 5.73 Å². The van der Waals surface area contributed by atoms with E-state index >= 15 is 0 Å². The average molecular weight is 204 g/mol. The Balaban J connectivity index is 2.13. The predicted molar refractivity (Wildman–Crippen MR) is 65.2 cm³/mol. The number of rotatable bonds is 2. The molecule has 1 fully saturated rings. The molecule has 0 radical (unpaired) electrons. The molecule has 0 heterocycles. The van der Waals surface area contributed by atoms with E-state index < -0.39 is 0 Å². The summed E-state index contributed by atoms with van der Waals surface area (Å²) in [5, 5.41) is 3.57. The maximum atomic E-state index is 6.05. The lowest BCUT2D eigenvalue weighted by atomic mass is 10.1. The molecule has 2 nitrogen and oxygen atoms in total. The average Bonchev–Trinajstić information content (AvgIpc) is 2.60. The zero-order chi connectivity index (χ0) is 10.8. The Kier molecular flexibility index (Phi) is 2.96. The van der Waals surface area contributed by atoms with Gasteiger partial charge in [0.25, 0.3) is 0 Å². The van der Waals surface area contributed by atoms with Crippen LogP contribution in [0.2, 0.25) is 0 Å². The maximum absolute atomic E-state index is 6.05. The van der Waals surface area contributed by atoms with Gasteiger partial charge < -0.3 is 11.1 Å². The fraction of sp³-hybridized carbons (Fsp3) is 0.538. The van der Waals surface area contributed by atoms with E-state index in [4.69, 9.17) is 5.73 Å². The van der Waals surface area contributed by atoms with E-state index in [0.29, 0.717) is 12.1 Å². The summed E-state index contributed by atoms with van der Waals surface area (Å²) in [5.74, 6) is 0. The van der Waals surface area contributed by atoms with Gasteiger partial charge in [-0.1, -0.05) is 12.1 Å². The molecule has 82 valence electrons. The van der Waals surface area contributed by atoms with Crippen LogP contribution in [0.4, 0.5) is 5.69 Å². The SMILES string of the molecule is Cc1cccc(N[C@H]2CCC[C@H]2N)c1C. The number of aryl methyl sites for hydroxylation is 1. The van der Waals surface area contributed by atoms with E-state index in [1.54, 1.807) is 0 Å².